The van der Waals surface area contributed by atoms with E-state index in [0.717, 1.165) is 18.4 Å². The standard InChI is InChI=1S/C26H30FN3O4S.ClH/c1-3-34-24(32)16-29-13-11-28-23(29)14-19-15-30(12-10-22(19)35-17(2)31)25(26(33)18-8-9-18)20-6-4-5-7-21(20)27;/h4-7,11,13-14,18,22,25H,3,8-10,12,15-16H2,1-2H3;1H/b19-14+;. The van der Waals surface area contributed by atoms with Crippen LogP contribution in [-0.2, 0) is 25.7 Å². The van der Waals surface area contributed by atoms with Gasteiger partial charge in [-0.1, -0.05) is 30.0 Å². The predicted octanol–water partition coefficient (Wildman–Crippen LogP) is 4.46. The number of halogens is 2. The number of hydrogen-bond acceptors (Lipinski definition) is 7. The van der Waals surface area contributed by atoms with Crippen molar-refractivity contribution in [3.63, 3.8) is 0 Å². The number of ether oxygens (including phenoxy) is 1. The fourth-order valence-electron chi connectivity index (χ4n) is 4.50. The Balaban J connectivity index is 0.00000361. The van der Waals surface area contributed by atoms with Gasteiger partial charge in [-0.05, 0) is 43.9 Å². The Kier molecular flexibility index (Phi) is 9.87. The molecule has 1 aromatic heterocycles. The molecule has 2 aromatic rings. The first-order valence-electron chi connectivity index (χ1n) is 11.9. The van der Waals surface area contributed by atoms with E-state index in [1.165, 1.54) is 24.8 Å². The van der Waals surface area contributed by atoms with E-state index in [1.54, 1.807) is 42.1 Å². The number of piperidine rings is 1. The summed E-state index contributed by atoms with van der Waals surface area (Å²) in [6, 6.07) is 5.79. The summed E-state index contributed by atoms with van der Waals surface area (Å²) in [6.07, 6.45) is 7.51. The van der Waals surface area contributed by atoms with Gasteiger partial charge in [-0.3, -0.25) is 19.3 Å². The van der Waals surface area contributed by atoms with Gasteiger partial charge < -0.3 is 9.30 Å². The van der Waals surface area contributed by atoms with Gasteiger partial charge in [-0.15, -0.1) is 12.4 Å². The van der Waals surface area contributed by atoms with Crippen molar-refractivity contribution in [2.45, 2.75) is 50.9 Å². The van der Waals surface area contributed by atoms with Gasteiger partial charge in [0.05, 0.1) is 12.6 Å². The summed E-state index contributed by atoms with van der Waals surface area (Å²) in [5, 5.41) is -0.0854. The van der Waals surface area contributed by atoms with E-state index in [-0.39, 0.29) is 52.8 Å². The maximum atomic E-state index is 14.8. The van der Waals surface area contributed by atoms with E-state index in [0.29, 0.717) is 37.5 Å². The van der Waals surface area contributed by atoms with Crippen LogP contribution in [0.25, 0.3) is 6.08 Å². The Hall–Kier alpha value is -2.49. The van der Waals surface area contributed by atoms with E-state index < -0.39 is 6.04 Å². The van der Waals surface area contributed by atoms with E-state index in [2.05, 4.69) is 4.98 Å². The molecule has 0 amide bonds. The number of benzene rings is 1. The summed E-state index contributed by atoms with van der Waals surface area (Å²) in [7, 11) is 0. The maximum Gasteiger partial charge on any atom is 0.325 e. The number of Topliss-reactive ketones (excluding diaryl/α,β-unsaturated/α-hetero) is 1. The molecule has 2 fully saturated rings. The van der Waals surface area contributed by atoms with Crippen molar-refractivity contribution in [2.75, 3.05) is 19.7 Å². The maximum absolute atomic E-state index is 14.8. The van der Waals surface area contributed by atoms with Crippen LogP contribution in [-0.4, -0.2) is 56.3 Å². The van der Waals surface area contributed by atoms with Gasteiger partial charge in [0.1, 0.15) is 18.2 Å². The molecule has 1 aliphatic heterocycles. The SMILES string of the molecule is CCOC(=O)Cn1ccnc1/C=C1\CN(C(C(=O)C2CC2)c2ccccc2F)CCC1SC(C)=O.Cl. The van der Waals surface area contributed by atoms with E-state index >= 15 is 0 Å². The molecule has 4 rings (SSSR count). The molecule has 194 valence electrons. The molecule has 10 heteroatoms. The van der Waals surface area contributed by atoms with Crippen molar-refractivity contribution < 1.29 is 23.5 Å². The first-order chi connectivity index (χ1) is 16.9. The third-order valence-corrected chi connectivity index (χ3v) is 7.42. The van der Waals surface area contributed by atoms with Gasteiger partial charge in [0.15, 0.2) is 10.9 Å². The number of thioether (sulfide) groups is 1. The summed E-state index contributed by atoms with van der Waals surface area (Å²) in [5.41, 5.74) is 1.31. The lowest BCUT2D eigenvalue weighted by molar-refractivity contribution is -0.143. The number of nitrogens with zero attached hydrogens (tertiary/aromatic N) is 3. The highest BCUT2D eigenvalue weighted by atomic mass is 35.5. The largest absolute Gasteiger partial charge is 0.465 e. The Morgan fingerprint density at radius 2 is 2.00 bits per heavy atom. The average Bonchev–Trinajstić information content (AvgIpc) is 3.58. The van der Waals surface area contributed by atoms with Gasteiger partial charge in [0.25, 0.3) is 0 Å². The molecule has 0 radical (unpaired) electrons. The zero-order valence-corrected chi connectivity index (χ0v) is 22.0. The highest BCUT2D eigenvalue weighted by molar-refractivity contribution is 8.14. The molecule has 36 heavy (non-hydrogen) atoms. The van der Waals surface area contributed by atoms with Crippen LogP contribution in [0.1, 0.15) is 50.5 Å². The lowest BCUT2D eigenvalue weighted by Gasteiger charge is -2.38. The molecule has 1 saturated carbocycles. The number of hydrogen-bond donors (Lipinski definition) is 0. The zero-order chi connectivity index (χ0) is 24.9. The third-order valence-electron chi connectivity index (χ3n) is 6.27. The minimum absolute atomic E-state index is 0. The molecule has 1 aromatic carbocycles. The molecule has 2 unspecified atom stereocenters. The van der Waals surface area contributed by atoms with Crippen LogP contribution >= 0.6 is 24.2 Å². The average molecular weight is 536 g/mol. The van der Waals surface area contributed by atoms with Gasteiger partial charge in [0.2, 0.25) is 0 Å². The molecule has 2 heterocycles. The molecular weight excluding hydrogens is 505 g/mol. The van der Waals surface area contributed by atoms with Crippen LogP contribution in [0.15, 0.2) is 42.2 Å². The number of aromatic nitrogens is 2. The van der Waals surface area contributed by atoms with Crippen molar-refractivity contribution in [3.05, 3.63) is 59.4 Å². The van der Waals surface area contributed by atoms with Crippen LogP contribution in [0.3, 0.4) is 0 Å². The van der Waals surface area contributed by atoms with E-state index in [4.69, 9.17) is 4.74 Å². The second-order valence-corrected chi connectivity index (χ2v) is 10.3. The number of rotatable bonds is 9. The number of ketones is 1. The highest BCUT2D eigenvalue weighted by Crippen LogP contribution is 2.40. The van der Waals surface area contributed by atoms with Crippen molar-refractivity contribution in [2.24, 2.45) is 5.92 Å². The molecule has 1 aliphatic carbocycles. The highest BCUT2D eigenvalue weighted by Gasteiger charge is 2.41. The van der Waals surface area contributed by atoms with Crippen LogP contribution in [0, 0.1) is 11.7 Å². The first-order valence-corrected chi connectivity index (χ1v) is 12.8. The summed E-state index contributed by atoms with van der Waals surface area (Å²) in [5.74, 6) is -0.155. The van der Waals surface area contributed by atoms with Crippen LogP contribution in [0.2, 0.25) is 0 Å². The van der Waals surface area contributed by atoms with Crippen molar-refractivity contribution in [1.82, 2.24) is 14.5 Å². The Bertz CT molecular complexity index is 1130. The summed E-state index contributed by atoms with van der Waals surface area (Å²) >= 11 is 1.25. The monoisotopic (exact) mass is 535 g/mol. The van der Waals surface area contributed by atoms with E-state index in [1.807, 2.05) is 11.0 Å². The van der Waals surface area contributed by atoms with Crippen molar-refractivity contribution in [3.8, 4) is 0 Å². The number of likely N-dealkylation sites (tertiary alicyclic amines) is 1. The number of esters is 1. The number of imidazole rings is 1. The fourth-order valence-corrected chi connectivity index (χ4v) is 5.42. The van der Waals surface area contributed by atoms with E-state index in [9.17, 15) is 18.8 Å². The Morgan fingerprint density at radius 1 is 1.25 bits per heavy atom. The normalized spacial score (nSPS) is 20.0. The quantitative estimate of drug-likeness (QED) is 0.438. The molecule has 2 atom stereocenters. The first kappa shape index (κ1) is 28.1. The Labute approximate surface area is 220 Å². The summed E-state index contributed by atoms with van der Waals surface area (Å²) < 4.78 is 21.6. The topological polar surface area (TPSA) is 81.5 Å². The lowest BCUT2D eigenvalue weighted by atomic mass is 9.93. The summed E-state index contributed by atoms with van der Waals surface area (Å²) in [6.45, 7) is 4.58. The smallest absolute Gasteiger partial charge is 0.325 e. The van der Waals surface area contributed by atoms with Crippen molar-refractivity contribution in [1.29, 1.82) is 0 Å². The predicted molar refractivity (Wildman–Crippen MR) is 139 cm³/mol. The van der Waals surface area contributed by atoms with Gasteiger partial charge >= 0.3 is 5.97 Å². The fraction of sp³-hybridized carbons (Fsp3) is 0.462. The molecular formula is C26H31ClFN3O4S. The Morgan fingerprint density at radius 3 is 2.67 bits per heavy atom. The van der Waals surface area contributed by atoms with Crippen LogP contribution in [0.4, 0.5) is 4.39 Å². The van der Waals surface area contributed by atoms with Gasteiger partial charge in [0, 0.05) is 49.1 Å². The second kappa shape index (κ2) is 12.7. The van der Waals surface area contributed by atoms with Crippen LogP contribution < -0.4 is 0 Å². The molecule has 0 spiro atoms. The second-order valence-electron chi connectivity index (χ2n) is 8.90. The summed E-state index contributed by atoms with van der Waals surface area (Å²) in [4.78, 5) is 43.7. The molecule has 1 saturated heterocycles. The minimum atomic E-state index is -0.672. The zero-order valence-electron chi connectivity index (χ0n) is 20.4. The van der Waals surface area contributed by atoms with Crippen molar-refractivity contribution >= 4 is 47.1 Å². The van der Waals surface area contributed by atoms with Gasteiger partial charge in [-0.2, -0.15) is 0 Å². The van der Waals surface area contributed by atoms with Gasteiger partial charge in [-0.25, -0.2) is 9.37 Å². The molecule has 0 N–H and O–H groups in total. The van der Waals surface area contributed by atoms with Crippen LogP contribution in [0.5, 0.6) is 0 Å². The third kappa shape index (κ3) is 6.83. The number of carbonyl (C=O) groups is 3. The molecule has 0 bridgehead atoms. The molecule has 2 aliphatic rings. The minimum Gasteiger partial charge on any atom is -0.465 e. The number of carbonyl (C=O) groups excluding carboxylic acids is 3. The lowest BCUT2D eigenvalue weighted by Crippen LogP contribution is -2.43. The molecule has 7 nitrogen and oxygen atoms in total.